The van der Waals surface area contributed by atoms with E-state index in [1.165, 1.54) is 0 Å². The number of carbonyl (C=O) groups is 2. The lowest BCUT2D eigenvalue weighted by atomic mass is 10.1. The van der Waals surface area contributed by atoms with Crippen LogP contribution >= 0.6 is 0 Å². The Morgan fingerprint density at radius 3 is 2.31 bits per heavy atom. The van der Waals surface area contributed by atoms with Gasteiger partial charge in [-0.25, -0.2) is 0 Å². The van der Waals surface area contributed by atoms with Crippen molar-refractivity contribution in [2.24, 2.45) is 0 Å². The van der Waals surface area contributed by atoms with Gasteiger partial charge in [0.2, 0.25) is 5.91 Å². The molecule has 0 radical (unpaired) electrons. The predicted octanol–water partition coefficient (Wildman–Crippen LogP) is 3.95. The average Bonchev–Trinajstić information content (AvgIpc) is 3.23. The van der Waals surface area contributed by atoms with Crippen LogP contribution in [0.15, 0.2) is 91.3 Å². The van der Waals surface area contributed by atoms with Crippen molar-refractivity contribution in [2.75, 3.05) is 16.4 Å². The second-order valence-corrected chi connectivity index (χ2v) is 7.38. The van der Waals surface area contributed by atoms with Crippen LogP contribution in [0.2, 0.25) is 0 Å². The van der Waals surface area contributed by atoms with Crippen molar-refractivity contribution in [3.8, 4) is 0 Å². The zero-order valence-electron chi connectivity index (χ0n) is 17.4. The summed E-state index contributed by atoms with van der Waals surface area (Å²) in [4.78, 5) is 24.7. The fraction of sp³-hybridized carbons (Fsp3) is 0.0800. The molecule has 4 N–H and O–H groups in total. The Bertz CT molecular complexity index is 1220. The number of nitrogens with two attached hydrogens (primary N) is 1. The third kappa shape index (κ3) is 5.40. The van der Waals surface area contributed by atoms with Gasteiger partial charge < -0.3 is 16.4 Å². The smallest absolute Gasteiger partial charge is 0.255 e. The van der Waals surface area contributed by atoms with Crippen LogP contribution in [0, 0.1) is 0 Å². The minimum Gasteiger partial charge on any atom is -0.397 e. The molecule has 1 aromatic heterocycles. The molecule has 0 bridgehead atoms. The fourth-order valence-electron chi connectivity index (χ4n) is 3.25. The first-order chi connectivity index (χ1) is 15.6. The van der Waals surface area contributed by atoms with Gasteiger partial charge in [0.25, 0.3) is 5.91 Å². The molecule has 2 amide bonds. The minimum absolute atomic E-state index is 0.0924. The van der Waals surface area contributed by atoms with Gasteiger partial charge in [0, 0.05) is 17.4 Å². The molecule has 0 spiro atoms. The van der Waals surface area contributed by atoms with Crippen molar-refractivity contribution in [3.05, 3.63) is 108 Å². The number of aromatic nitrogens is 2. The highest BCUT2D eigenvalue weighted by Crippen LogP contribution is 2.18. The summed E-state index contributed by atoms with van der Waals surface area (Å²) in [6, 6.07) is 23.8. The van der Waals surface area contributed by atoms with Crippen LogP contribution in [0.4, 0.5) is 17.1 Å². The summed E-state index contributed by atoms with van der Waals surface area (Å²) in [5.74, 6) is -0.314. The van der Waals surface area contributed by atoms with E-state index in [9.17, 15) is 9.59 Å². The highest BCUT2D eigenvalue weighted by molar-refractivity contribution is 6.05. The summed E-state index contributed by atoms with van der Waals surface area (Å²) in [6.07, 6.45) is 3.79. The Labute approximate surface area is 185 Å². The van der Waals surface area contributed by atoms with Crippen LogP contribution in [0.3, 0.4) is 0 Å². The lowest BCUT2D eigenvalue weighted by molar-refractivity contribution is -0.115. The Kier molecular flexibility index (Phi) is 6.27. The van der Waals surface area contributed by atoms with E-state index < -0.39 is 0 Å². The summed E-state index contributed by atoms with van der Waals surface area (Å²) < 4.78 is 1.77. The third-order valence-corrected chi connectivity index (χ3v) is 4.88. The van der Waals surface area contributed by atoms with Crippen LogP contribution in [-0.2, 0) is 17.8 Å². The Morgan fingerprint density at radius 2 is 1.56 bits per heavy atom. The first-order valence-corrected chi connectivity index (χ1v) is 10.2. The maximum Gasteiger partial charge on any atom is 0.255 e. The molecule has 3 aromatic carbocycles. The van der Waals surface area contributed by atoms with Gasteiger partial charge >= 0.3 is 0 Å². The number of nitrogens with zero attached hydrogens (tertiary/aromatic N) is 2. The monoisotopic (exact) mass is 425 g/mol. The first-order valence-electron chi connectivity index (χ1n) is 10.2. The van der Waals surface area contributed by atoms with Crippen molar-refractivity contribution >= 4 is 28.9 Å². The minimum atomic E-state index is -0.222. The first kappa shape index (κ1) is 20.9. The van der Waals surface area contributed by atoms with Crippen LogP contribution < -0.4 is 16.4 Å². The largest absolute Gasteiger partial charge is 0.397 e. The summed E-state index contributed by atoms with van der Waals surface area (Å²) in [5, 5.41) is 10.0. The summed E-state index contributed by atoms with van der Waals surface area (Å²) in [6.45, 7) is 0.536. The molecule has 0 fully saturated rings. The van der Waals surface area contributed by atoms with E-state index in [4.69, 9.17) is 5.73 Å². The number of anilines is 3. The fourth-order valence-corrected chi connectivity index (χ4v) is 3.25. The number of hydrogen-bond acceptors (Lipinski definition) is 4. The number of hydrogen-bond donors (Lipinski definition) is 3. The summed E-state index contributed by atoms with van der Waals surface area (Å²) in [5.41, 5.74) is 10.1. The molecule has 1 heterocycles. The van der Waals surface area contributed by atoms with Gasteiger partial charge in [-0.2, -0.15) is 5.10 Å². The lowest BCUT2D eigenvalue weighted by Gasteiger charge is -2.08. The Morgan fingerprint density at radius 1 is 0.844 bits per heavy atom. The lowest BCUT2D eigenvalue weighted by Crippen LogP contribution is -2.14. The second kappa shape index (κ2) is 9.61. The quantitative estimate of drug-likeness (QED) is 0.390. The highest BCUT2D eigenvalue weighted by Gasteiger charge is 2.09. The van der Waals surface area contributed by atoms with E-state index >= 15 is 0 Å². The molecule has 0 saturated heterocycles. The molecule has 0 unspecified atom stereocenters. The molecule has 0 aliphatic rings. The van der Waals surface area contributed by atoms with Crippen molar-refractivity contribution in [1.82, 2.24) is 9.78 Å². The standard InChI is InChI=1S/C25H23N5O2/c26-22-8-4-5-9-23(22)29-25(32)20-12-10-18(11-13-20)16-30-17-19(15-27-30)14-24(31)28-21-6-2-1-3-7-21/h1-13,15,17H,14,16,26H2,(H,28,31)(H,29,32). The Balaban J connectivity index is 1.33. The molecular weight excluding hydrogens is 402 g/mol. The van der Waals surface area contributed by atoms with Gasteiger partial charge in [0.05, 0.1) is 30.5 Å². The molecule has 4 aromatic rings. The zero-order valence-corrected chi connectivity index (χ0v) is 17.4. The van der Waals surface area contributed by atoms with E-state index in [0.717, 1.165) is 16.8 Å². The van der Waals surface area contributed by atoms with Crippen LogP contribution in [0.25, 0.3) is 0 Å². The molecule has 7 nitrogen and oxygen atoms in total. The SMILES string of the molecule is Nc1ccccc1NC(=O)c1ccc(Cn2cc(CC(=O)Nc3ccccc3)cn2)cc1. The van der Waals surface area contributed by atoms with Gasteiger partial charge in [0.1, 0.15) is 0 Å². The predicted molar refractivity (Wildman–Crippen MR) is 125 cm³/mol. The van der Waals surface area contributed by atoms with E-state index in [0.29, 0.717) is 23.5 Å². The normalized spacial score (nSPS) is 10.5. The molecular formula is C25H23N5O2. The average molecular weight is 425 g/mol. The van der Waals surface area contributed by atoms with Crippen molar-refractivity contribution in [3.63, 3.8) is 0 Å². The number of benzene rings is 3. The molecule has 0 atom stereocenters. The molecule has 0 aliphatic heterocycles. The van der Waals surface area contributed by atoms with Crippen molar-refractivity contribution in [1.29, 1.82) is 0 Å². The zero-order chi connectivity index (χ0) is 22.3. The van der Waals surface area contributed by atoms with Gasteiger partial charge in [-0.15, -0.1) is 0 Å². The number of nitrogens with one attached hydrogen (secondary N) is 2. The molecule has 160 valence electrons. The van der Waals surface area contributed by atoms with Gasteiger partial charge in [-0.05, 0) is 47.5 Å². The van der Waals surface area contributed by atoms with Crippen molar-refractivity contribution in [2.45, 2.75) is 13.0 Å². The van der Waals surface area contributed by atoms with Gasteiger partial charge in [0.15, 0.2) is 0 Å². The number of rotatable bonds is 7. The van der Waals surface area contributed by atoms with Gasteiger partial charge in [-0.1, -0.05) is 42.5 Å². The maximum atomic E-state index is 12.5. The molecule has 7 heteroatoms. The Hall–Kier alpha value is -4.39. The number of nitrogen functional groups attached to an aromatic ring is 1. The number of amides is 2. The second-order valence-electron chi connectivity index (χ2n) is 7.38. The van der Waals surface area contributed by atoms with E-state index in [1.54, 1.807) is 35.1 Å². The number of carbonyl (C=O) groups excluding carboxylic acids is 2. The molecule has 0 aliphatic carbocycles. The molecule has 0 saturated carbocycles. The molecule has 4 rings (SSSR count). The third-order valence-electron chi connectivity index (χ3n) is 4.88. The van der Waals surface area contributed by atoms with Gasteiger partial charge in [-0.3, -0.25) is 14.3 Å². The van der Waals surface area contributed by atoms with E-state index in [2.05, 4.69) is 15.7 Å². The van der Waals surface area contributed by atoms with E-state index in [1.807, 2.05) is 60.8 Å². The van der Waals surface area contributed by atoms with Crippen LogP contribution in [-0.4, -0.2) is 21.6 Å². The summed E-state index contributed by atoms with van der Waals surface area (Å²) >= 11 is 0. The highest BCUT2D eigenvalue weighted by atomic mass is 16.2. The maximum absolute atomic E-state index is 12.5. The number of para-hydroxylation sites is 3. The van der Waals surface area contributed by atoms with Crippen LogP contribution in [0.1, 0.15) is 21.5 Å². The van der Waals surface area contributed by atoms with Crippen LogP contribution in [0.5, 0.6) is 0 Å². The van der Waals surface area contributed by atoms with Crippen molar-refractivity contribution < 1.29 is 9.59 Å². The van der Waals surface area contributed by atoms with E-state index in [-0.39, 0.29) is 18.2 Å². The topological polar surface area (TPSA) is 102 Å². The summed E-state index contributed by atoms with van der Waals surface area (Å²) in [7, 11) is 0. The molecule has 32 heavy (non-hydrogen) atoms.